The first kappa shape index (κ1) is 9.34. The first-order valence-electron chi connectivity index (χ1n) is 7.17. The first-order valence-corrected chi connectivity index (χ1v) is 7.17. The van der Waals surface area contributed by atoms with E-state index in [1.807, 2.05) is 0 Å². The molecule has 4 fully saturated rings. The van der Waals surface area contributed by atoms with Gasteiger partial charge in [-0.3, -0.25) is 0 Å². The lowest BCUT2D eigenvalue weighted by Crippen LogP contribution is -1.90. The van der Waals surface area contributed by atoms with E-state index in [1.165, 1.54) is 51.4 Å². The van der Waals surface area contributed by atoms with Crippen LogP contribution in [0.1, 0.15) is 51.4 Å². The molecule has 0 radical (unpaired) electrons. The second kappa shape index (κ2) is 3.39. The Kier molecular flexibility index (Phi) is 1.98. The number of allylic oxidation sites excluding steroid dienone is 2. The summed E-state index contributed by atoms with van der Waals surface area (Å²) in [6.07, 6.45) is 11.5. The van der Waals surface area contributed by atoms with Crippen molar-refractivity contribution in [2.24, 2.45) is 23.7 Å². The molecule has 0 saturated heterocycles. The summed E-state index contributed by atoms with van der Waals surface area (Å²) in [6, 6.07) is 0. The summed E-state index contributed by atoms with van der Waals surface area (Å²) in [4.78, 5) is 0. The highest BCUT2D eigenvalue weighted by Crippen LogP contribution is 2.50. The second-order valence-electron chi connectivity index (χ2n) is 6.26. The maximum Gasteiger partial charge on any atom is -0.0117 e. The maximum absolute atomic E-state index is 3.62. The summed E-state index contributed by atoms with van der Waals surface area (Å²) in [5.74, 6) is 3.60. The summed E-state index contributed by atoms with van der Waals surface area (Å²) in [6.45, 7) is 0. The molecule has 4 aliphatic carbocycles. The molecular formula is C16H20. The zero-order valence-corrected chi connectivity index (χ0v) is 9.97. The van der Waals surface area contributed by atoms with E-state index in [-0.39, 0.29) is 0 Å². The van der Waals surface area contributed by atoms with E-state index >= 15 is 0 Å². The fourth-order valence-corrected chi connectivity index (χ4v) is 4.65. The molecule has 0 heteroatoms. The van der Waals surface area contributed by atoms with Gasteiger partial charge in [-0.05, 0) is 86.2 Å². The fraction of sp³-hybridized carbons (Fsp3) is 0.750. The molecule has 4 aliphatic rings. The van der Waals surface area contributed by atoms with Crippen LogP contribution in [0.3, 0.4) is 0 Å². The van der Waals surface area contributed by atoms with E-state index < -0.39 is 0 Å². The molecule has 4 rings (SSSR count). The van der Waals surface area contributed by atoms with E-state index in [0.717, 1.165) is 23.7 Å². The van der Waals surface area contributed by atoms with Gasteiger partial charge in [-0.1, -0.05) is 11.5 Å². The lowest BCUT2D eigenvalue weighted by Gasteiger charge is -2.03. The highest BCUT2D eigenvalue weighted by molar-refractivity contribution is 5.24. The molecule has 84 valence electrons. The van der Waals surface area contributed by atoms with E-state index in [1.54, 1.807) is 11.1 Å². The van der Waals surface area contributed by atoms with Crippen molar-refractivity contribution in [1.82, 2.24) is 0 Å². The Bertz CT molecular complexity index is 331. The van der Waals surface area contributed by atoms with Crippen molar-refractivity contribution in [3.05, 3.63) is 22.6 Å². The van der Waals surface area contributed by atoms with Gasteiger partial charge in [-0.2, -0.15) is 0 Å². The third-order valence-corrected chi connectivity index (χ3v) is 5.56. The van der Waals surface area contributed by atoms with Gasteiger partial charge in [0, 0.05) is 0 Å². The van der Waals surface area contributed by atoms with Crippen LogP contribution in [0.15, 0.2) is 22.6 Å². The number of hydrogen-bond acceptors (Lipinski definition) is 0. The van der Waals surface area contributed by atoms with Crippen molar-refractivity contribution >= 4 is 0 Å². The van der Waals surface area contributed by atoms with Crippen molar-refractivity contribution < 1.29 is 0 Å². The summed E-state index contributed by atoms with van der Waals surface area (Å²) < 4.78 is 0. The minimum Gasteiger partial charge on any atom is -0.0706 e. The SMILES string of the molecule is C(=C=C1C2CCC1CC2)=C1C2CCC1CC2. The molecule has 0 amide bonds. The molecule has 0 aromatic rings. The van der Waals surface area contributed by atoms with Gasteiger partial charge in [0.1, 0.15) is 0 Å². The normalized spacial score (nSPS) is 44.0. The molecule has 4 bridgehead atoms. The van der Waals surface area contributed by atoms with Crippen LogP contribution >= 0.6 is 0 Å². The van der Waals surface area contributed by atoms with Crippen LogP contribution in [0.4, 0.5) is 0 Å². The minimum atomic E-state index is 0.900. The number of fused-ring (bicyclic) bond motifs is 4. The van der Waals surface area contributed by atoms with E-state index in [2.05, 4.69) is 11.5 Å². The van der Waals surface area contributed by atoms with Gasteiger partial charge in [0.25, 0.3) is 0 Å². The molecule has 0 aliphatic heterocycles. The summed E-state index contributed by atoms with van der Waals surface area (Å²) in [7, 11) is 0. The molecule has 4 saturated carbocycles. The van der Waals surface area contributed by atoms with Gasteiger partial charge in [-0.25, -0.2) is 0 Å². The van der Waals surface area contributed by atoms with Crippen LogP contribution in [0.25, 0.3) is 0 Å². The average Bonchev–Trinajstić information content (AvgIpc) is 3.05. The smallest absolute Gasteiger partial charge is 0.0117 e. The molecule has 0 unspecified atom stereocenters. The molecule has 0 heterocycles. The van der Waals surface area contributed by atoms with E-state index in [4.69, 9.17) is 0 Å². The van der Waals surface area contributed by atoms with Crippen LogP contribution in [0.2, 0.25) is 0 Å². The first-order chi connectivity index (χ1) is 7.92. The average molecular weight is 212 g/mol. The predicted octanol–water partition coefficient (Wildman–Crippen LogP) is 4.23. The van der Waals surface area contributed by atoms with Crippen molar-refractivity contribution in [1.29, 1.82) is 0 Å². The van der Waals surface area contributed by atoms with Crippen LogP contribution < -0.4 is 0 Å². The second-order valence-corrected chi connectivity index (χ2v) is 6.26. The highest BCUT2D eigenvalue weighted by Gasteiger charge is 2.38. The van der Waals surface area contributed by atoms with E-state index in [9.17, 15) is 0 Å². The van der Waals surface area contributed by atoms with Gasteiger partial charge in [-0.15, -0.1) is 0 Å². The van der Waals surface area contributed by atoms with Gasteiger partial charge < -0.3 is 0 Å². The summed E-state index contributed by atoms with van der Waals surface area (Å²) in [5.41, 5.74) is 10.5. The lowest BCUT2D eigenvalue weighted by atomic mass is 10.0. The van der Waals surface area contributed by atoms with Crippen molar-refractivity contribution in [3.8, 4) is 0 Å². The third-order valence-electron chi connectivity index (χ3n) is 5.56. The largest absolute Gasteiger partial charge is 0.0706 e. The monoisotopic (exact) mass is 212 g/mol. The maximum atomic E-state index is 3.62. The van der Waals surface area contributed by atoms with Crippen LogP contribution in [0.5, 0.6) is 0 Å². The molecular weight excluding hydrogens is 192 g/mol. The zero-order valence-electron chi connectivity index (χ0n) is 9.97. The molecule has 0 N–H and O–H groups in total. The summed E-state index contributed by atoms with van der Waals surface area (Å²) in [5, 5.41) is 0. The Morgan fingerprint density at radius 2 is 0.750 bits per heavy atom. The van der Waals surface area contributed by atoms with Gasteiger partial charge in [0.15, 0.2) is 0 Å². The van der Waals surface area contributed by atoms with Crippen LogP contribution in [-0.2, 0) is 0 Å². The predicted molar refractivity (Wildman–Crippen MR) is 64.9 cm³/mol. The third kappa shape index (κ3) is 1.24. The van der Waals surface area contributed by atoms with Crippen molar-refractivity contribution in [3.63, 3.8) is 0 Å². The lowest BCUT2D eigenvalue weighted by molar-refractivity contribution is 0.480. The molecule has 0 spiro atoms. The zero-order chi connectivity index (χ0) is 10.5. The molecule has 0 aromatic carbocycles. The fourth-order valence-electron chi connectivity index (χ4n) is 4.65. The summed E-state index contributed by atoms with van der Waals surface area (Å²) >= 11 is 0. The van der Waals surface area contributed by atoms with Crippen molar-refractivity contribution in [2.45, 2.75) is 51.4 Å². The van der Waals surface area contributed by atoms with Crippen LogP contribution in [0, 0.1) is 23.7 Å². The molecule has 16 heavy (non-hydrogen) atoms. The van der Waals surface area contributed by atoms with E-state index in [0.29, 0.717) is 0 Å². The topological polar surface area (TPSA) is 0 Å². The number of rotatable bonds is 0. The Morgan fingerprint density at radius 3 is 1.00 bits per heavy atom. The molecule has 0 nitrogen and oxygen atoms in total. The van der Waals surface area contributed by atoms with Gasteiger partial charge >= 0.3 is 0 Å². The number of hydrogen-bond donors (Lipinski definition) is 0. The Labute approximate surface area is 98.1 Å². The minimum absolute atomic E-state index is 0.900. The molecule has 0 atom stereocenters. The Morgan fingerprint density at radius 1 is 0.500 bits per heavy atom. The molecule has 0 aromatic heterocycles. The standard InChI is InChI=1S/C16H20/c1-2-12-4-3-11(1)15(12)9-10-16-13-5-6-14(16)8-7-13/h11-14H,1-8H2. The quantitative estimate of drug-likeness (QED) is 0.527. The highest BCUT2D eigenvalue weighted by atomic mass is 14.4. The van der Waals surface area contributed by atoms with Gasteiger partial charge in [0.05, 0.1) is 0 Å². The van der Waals surface area contributed by atoms with Crippen molar-refractivity contribution in [2.75, 3.05) is 0 Å². The Balaban J connectivity index is 1.76. The Hall–Kier alpha value is -0.700. The van der Waals surface area contributed by atoms with Crippen LogP contribution in [-0.4, -0.2) is 0 Å². The van der Waals surface area contributed by atoms with Gasteiger partial charge in [0.2, 0.25) is 0 Å².